The standard InChI is InChI=1S/C14H22N4OS/c1-9(2)19-13-12(16)11(7-15)20-14(13)18-6-5-17(4)8-10(18)3/h9-10H,5-6,8,16H2,1-4H3. The molecular formula is C14H22N4OS. The fourth-order valence-electron chi connectivity index (χ4n) is 2.48. The number of nitrogens with two attached hydrogens (primary N) is 1. The number of thiophene rings is 1. The van der Waals surface area contributed by atoms with E-state index in [1.807, 2.05) is 13.8 Å². The van der Waals surface area contributed by atoms with Crippen LogP contribution in [0.25, 0.3) is 0 Å². The Bertz CT molecular complexity index is 520. The van der Waals surface area contributed by atoms with Crippen LogP contribution in [0.3, 0.4) is 0 Å². The minimum absolute atomic E-state index is 0.0416. The predicted octanol–water partition coefficient (Wildman–Crippen LogP) is 2.13. The molecule has 1 fully saturated rings. The van der Waals surface area contributed by atoms with E-state index in [0.29, 0.717) is 22.4 Å². The molecule has 0 aromatic carbocycles. The zero-order valence-electron chi connectivity index (χ0n) is 12.5. The highest BCUT2D eigenvalue weighted by atomic mass is 32.1. The van der Waals surface area contributed by atoms with Gasteiger partial charge in [-0.15, -0.1) is 11.3 Å². The number of rotatable bonds is 3. The molecule has 1 aliphatic heterocycles. The van der Waals surface area contributed by atoms with Gasteiger partial charge < -0.3 is 20.3 Å². The van der Waals surface area contributed by atoms with Crippen molar-refractivity contribution >= 4 is 22.0 Å². The number of hydrogen-bond donors (Lipinski definition) is 1. The molecule has 0 amide bonds. The van der Waals surface area contributed by atoms with Crippen molar-refractivity contribution in [3.8, 4) is 11.8 Å². The molecule has 0 bridgehead atoms. The minimum atomic E-state index is 0.0416. The number of anilines is 2. The van der Waals surface area contributed by atoms with E-state index in [4.69, 9.17) is 10.5 Å². The fraction of sp³-hybridized carbons (Fsp3) is 0.643. The van der Waals surface area contributed by atoms with Crippen LogP contribution in [0, 0.1) is 11.3 Å². The van der Waals surface area contributed by atoms with Crippen molar-refractivity contribution in [1.29, 1.82) is 5.26 Å². The maximum absolute atomic E-state index is 9.19. The first kappa shape index (κ1) is 14.9. The van der Waals surface area contributed by atoms with Gasteiger partial charge in [-0.05, 0) is 27.8 Å². The summed E-state index contributed by atoms with van der Waals surface area (Å²) in [5.41, 5.74) is 6.55. The van der Waals surface area contributed by atoms with Crippen LogP contribution >= 0.6 is 11.3 Å². The van der Waals surface area contributed by atoms with Gasteiger partial charge in [0.25, 0.3) is 0 Å². The summed E-state index contributed by atoms with van der Waals surface area (Å²) in [4.78, 5) is 5.16. The van der Waals surface area contributed by atoms with E-state index in [9.17, 15) is 5.26 Å². The van der Waals surface area contributed by atoms with Gasteiger partial charge in [0.1, 0.15) is 21.6 Å². The van der Waals surface area contributed by atoms with Crippen molar-refractivity contribution in [3.63, 3.8) is 0 Å². The molecule has 2 rings (SSSR count). The Labute approximate surface area is 124 Å². The topological polar surface area (TPSA) is 65.5 Å². The molecule has 0 radical (unpaired) electrons. The molecule has 1 unspecified atom stereocenters. The first-order valence-electron chi connectivity index (χ1n) is 6.88. The number of nitrogen functional groups attached to an aromatic ring is 1. The lowest BCUT2D eigenvalue weighted by atomic mass is 10.2. The number of nitriles is 1. The fourth-order valence-corrected chi connectivity index (χ4v) is 3.56. The highest BCUT2D eigenvalue weighted by Gasteiger charge is 2.29. The van der Waals surface area contributed by atoms with Gasteiger partial charge in [-0.25, -0.2) is 0 Å². The van der Waals surface area contributed by atoms with Crippen molar-refractivity contribution in [2.75, 3.05) is 37.3 Å². The lowest BCUT2D eigenvalue weighted by Gasteiger charge is -2.39. The number of likely N-dealkylation sites (N-methyl/N-ethyl adjacent to an activating group) is 1. The molecule has 1 aliphatic rings. The molecule has 6 heteroatoms. The van der Waals surface area contributed by atoms with Crippen molar-refractivity contribution in [2.24, 2.45) is 0 Å². The van der Waals surface area contributed by atoms with Gasteiger partial charge in [0.15, 0.2) is 5.75 Å². The van der Waals surface area contributed by atoms with Crippen molar-refractivity contribution in [3.05, 3.63) is 4.88 Å². The van der Waals surface area contributed by atoms with E-state index in [0.717, 1.165) is 24.6 Å². The van der Waals surface area contributed by atoms with Crippen LogP contribution < -0.4 is 15.4 Å². The van der Waals surface area contributed by atoms with Crippen LogP contribution in [-0.4, -0.2) is 43.7 Å². The molecule has 2 N–H and O–H groups in total. The molecule has 1 atom stereocenters. The molecule has 1 aromatic heterocycles. The Hall–Kier alpha value is -1.45. The van der Waals surface area contributed by atoms with Gasteiger partial charge in [0.05, 0.1) is 6.10 Å². The average Bonchev–Trinajstić information content (AvgIpc) is 2.66. The summed E-state index contributed by atoms with van der Waals surface area (Å²) in [5.74, 6) is 0.679. The highest BCUT2D eigenvalue weighted by Crippen LogP contribution is 2.46. The molecule has 0 saturated carbocycles. The van der Waals surface area contributed by atoms with Crippen LogP contribution in [-0.2, 0) is 0 Å². The Morgan fingerprint density at radius 2 is 2.15 bits per heavy atom. The normalized spacial score (nSPS) is 20.2. The van der Waals surface area contributed by atoms with E-state index in [-0.39, 0.29) is 6.10 Å². The molecule has 20 heavy (non-hydrogen) atoms. The largest absolute Gasteiger partial charge is 0.486 e. The molecule has 1 aromatic rings. The molecule has 2 heterocycles. The van der Waals surface area contributed by atoms with Crippen molar-refractivity contribution < 1.29 is 4.74 Å². The van der Waals surface area contributed by atoms with E-state index < -0.39 is 0 Å². The first-order valence-corrected chi connectivity index (χ1v) is 7.69. The number of hydrogen-bond acceptors (Lipinski definition) is 6. The van der Waals surface area contributed by atoms with Gasteiger partial charge in [-0.1, -0.05) is 0 Å². The summed E-state index contributed by atoms with van der Waals surface area (Å²) in [6, 6.07) is 2.55. The third kappa shape index (κ3) is 2.84. The van der Waals surface area contributed by atoms with Gasteiger partial charge in [0, 0.05) is 25.7 Å². The highest BCUT2D eigenvalue weighted by molar-refractivity contribution is 7.17. The quantitative estimate of drug-likeness (QED) is 0.925. The summed E-state index contributed by atoms with van der Waals surface area (Å²) < 4.78 is 5.87. The number of nitrogens with zero attached hydrogens (tertiary/aromatic N) is 3. The molecule has 0 aliphatic carbocycles. The number of piperazine rings is 1. The minimum Gasteiger partial charge on any atom is -0.486 e. The molecule has 0 spiro atoms. The summed E-state index contributed by atoms with van der Waals surface area (Å²) in [6.45, 7) is 9.07. The molecule has 5 nitrogen and oxygen atoms in total. The predicted molar refractivity (Wildman–Crippen MR) is 83.5 cm³/mol. The number of ether oxygens (including phenoxy) is 1. The second kappa shape index (κ2) is 5.90. The van der Waals surface area contributed by atoms with E-state index in [2.05, 4.69) is 29.8 Å². The first-order chi connectivity index (χ1) is 9.43. The zero-order valence-corrected chi connectivity index (χ0v) is 13.3. The smallest absolute Gasteiger partial charge is 0.178 e. The molecule has 110 valence electrons. The lowest BCUT2D eigenvalue weighted by Crippen LogP contribution is -2.50. The van der Waals surface area contributed by atoms with Gasteiger partial charge in [0.2, 0.25) is 0 Å². The SMILES string of the molecule is CC(C)Oc1c(N2CCN(C)CC2C)sc(C#N)c1N. The third-order valence-corrected chi connectivity index (χ3v) is 4.56. The Morgan fingerprint density at radius 3 is 2.70 bits per heavy atom. The summed E-state index contributed by atoms with van der Waals surface area (Å²) in [6.07, 6.45) is 0.0416. The van der Waals surface area contributed by atoms with E-state index in [1.54, 1.807) is 0 Å². The van der Waals surface area contributed by atoms with E-state index >= 15 is 0 Å². The second-order valence-corrected chi connectivity index (χ2v) is 6.56. The average molecular weight is 294 g/mol. The summed E-state index contributed by atoms with van der Waals surface area (Å²) >= 11 is 1.44. The third-order valence-electron chi connectivity index (χ3n) is 3.43. The van der Waals surface area contributed by atoms with Crippen LogP contribution in [0.15, 0.2) is 0 Å². The van der Waals surface area contributed by atoms with Crippen LogP contribution in [0.1, 0.15) is 25.6 Å². The summed E-state index contributed by atoms with van der Waals surface area (Å²) in [7, 11) is 2.13. The van der Waals surface area contributed by atoms with Gasteiger partial charge in [-0.2, -0.15) is 5.26 Å². The van der Waals surface area contributed by atoms with Crippen LogP contribution in [0.2, 0.25) is 0 Å². The molecular weight excluding hydrogens is 272 g/mol. The zero-order chi connectivity index (χ0) is 14.9. The Morgan fingerprint density at radius 1 is 1.45 bits per heavy atom. The Kier molecular flexibility index (Phi) is 4.41. The second-order valence-electron chi connectivity index (χ2n) is 5.56. The molecule has 1 saturated heterocycles. The maximum atomic E-state index is 9.19. The van der Waals surface area contributed by atoms with Crippen molar-refractivity contribution in [2.45, 2.75) is 32.9 Å². The Balaban J connectivity index is 2.37. The lowest BCUT2D eigenvalue weighted by molar-refractivity contribution is 0.241. The maximum Gasteiger partial charge on any atom is 0.178 e. The van der Waals surface area contributed by atoms with E-state index in [1.165, 1.54) is 11.3 Å². The van der Waals surface area contributed by atoms with Gasteiger partial charge >= 0.3 is 0 Å². The van der Waals surface area contributed by atoms with Gasteiger partial charge in [-0.3, -0.25) is 0 Å². The monoisotopic (exact) mass is 294 g/mol. The summed E-state index contributed by atoms with van der Waals surface area (Å²) in [5, 5.41) is 10.2. The van der Waals surface area contributed by atoms with Crippen LogP contribution in [0.4, 0.5) is 10.7 Å². The van der Waals surface area contributed by atoms with Crippen molar-refractivity contribution in [1.82, 2.24) is 4.90 Å². The van der Waals surface area contributed by atoms with Crippen LogP contribution in [0.5, 0.6) is 5.75 Å².